The van der Waals surface area contributed by atoms with Crippen molar-refractivity contribution in [2.24, 2.45) is 0 Å². The minimum absolute atomic E-state index is 0.108. The van der Waals surface area contributed by atoms with Crippen LogP contribution in [0.4, 0.5) is 0 Å². The van der Waals surface area contributed by atoms with Gasteiger partial charge in [-0.3, -0.25) is 4.79 Å². The molecule has 0 fully saturated rings. The van der Waals surface area contributed by atoms with Gasteiger partial charge in [0.15, 0.2) is 0 Å². The molecule has 0 aromatic heterocycles. The van der Waals surface area contributed by atoms with Gasteiger partial charge in [-0.25, -0.2) is 0 Å². The lowest BCUT2D eigenvalue weighted by molar-refractivity contribution is -0.125. The van der Waals surface area contributed by atoms with Crippen molar-refractivity contribution >= 4 is 5.91 Å². The molecule has 17 heavy (non-hydrogen) atoms. The first-order valence-electron chi connectivity index (χ1n) is 5.31. The maximum Gasteiger partial charge on any atom is 0.245 e. The second-order valence-electron chi connectivity index (χ2n) is 3.49. The van der Waals surface area contributed by atoms with Crippen LogP contribution in [0.1, 0.15) is 0 Å². The van der Waals surface area contributed by atoms with Crippen molar-refractivity contribution in [3.8, 4) is 11.5 Å². The fraction of sp³-hybridized carbons (Fsp3) is 0.308. The van der Waals surface area contributed by atoms with Crippen LogP contribution in [-0.4, -0.2) is 38.1 Å². The van der Waals surface area contributed by atoms with Gasteiger partial charge in [0.1, 0.15) is 18.1 Å². The Bertz CT molecular complexity index is 373. The zero-order valence-corrected chi connectivity index (χ0v) is 10.2. The average Bonchev–Trinajstić information content (AvgIpc) is 2.38. The number of amides is 1. The molecule has 0 saturated carbocycles. The predicted octanol–water partition coefficient (Wildman–Crippen LogP) is 1.72. The van der Waals surface area contributed by atoms with Gasteiger partial charge in [-0.15, -0.1) is 0 Å². The van der Waals surface area contributed by atoms with E-state index in [1.165, 1.54) is 6.08 Å². The molecule has 4 heteroatoms. The average molecular weight is 235 g/mol. The summed E-state index contributed by atoms with van der Waals surface area (Å²) in [6.07, 6.45) is 1.29. The van der Waals surface area contributed by atoms with Crippen LogP contribution in [0.15, 0.2) is 36.9 Å². The molecule has 0 radical (unpaired) electrons. The number of ether oxygens (including phenoxy) is 2. The van der Waals surface area contributed by atoms with E-state index in [2.05, 4.69) is 6.58 Å². The highest BCUT2D eigenvalue weighted by Gasteiger charge is 2.03. The van der Waals surface area contributed by atoms with Crippen molar-refractivity contribution in [3.63, 3.8) is 0 Å². The number of methoxy groups -OCH3 is 1. The lowest BCUT2D eigenvalue weighted by atomic mass is 10.3. The highest BCUT2D eigenvalue weighted by Crippen LogP contribution is 2.16. The highest BCUT2D eigenvalue weighted by atomic mass is 16.5. The Labute approximate surface area is 101 Å². The highest BCUT2D eigenvalue weighted by molar-refractivity contribution is 5.86. The van der Waals surface area contributed by atoms with E-state index < -0.39 is 0 Å². The van der Waals surface area contributed by atoms with E-state index in [1.807, 2.05) is 24.3 Å². The van der Waals surface area contributed by atoms with Crippen LogP contribution in [0, 0.1) is 0 Å². The van der Waals surface area contributed by atoms with Crippen molar-refractivity contribution in [2.45, 2.75) is 0 Å². The molecular weight excluding hydrogens is 218 g/mol. The van der Waals surface area contributed by atoms with E-state index in [4.69, 9.17) is 9.47 Å². The van der Waals surface area contributed by atoms with Crippen molar-refractivity contribution in [2.75, 3.05) is 27.3 Å². The van der Waals surface area contributed by atoms with Crippen LogP contribution >= 0.6 is 0 Å². The van der Waals surface area contributed by atoms with E-state index >= 15 is 0 Å². The fourth-order valence-corrected chi connectivity index (χ4v) is 1.24. The SMILES string of the molecule is C=CC(=O)N(C)CCOc1ccc(OC)cc1. The second kappa shape index (κ2) is 6.58. The van der Waals surface area contributed by atoms with Crippen molar-refractivity contribution in [1.29, 1.82) is 0 Å². The Balaban J connectivity index is 2.35. The van der Waals surface area contributed by atoms with Crippen molar-refractivity contribution in [3.05, 3.63) is 36.9 Å². The molecule has 0 N–H and O–H groups in total. The molecule has 0 unspecified atom stereocenters. The molecule has 0 aliphatic heterocycles. The van der Waals surface area contributed by atoms with Gasteiger partial charge >= 0.3 is 0 Å². The molecule has 0 saturated heterocycles. The minimum Gasteiger partial charge on any atom is -0.497 e. The summed E-state index contributed by atoms with van der Waals surface area (Å²) < 4.78 is 10.5. The summed E-state index contributed by atoms with van der Waals surface area (Å²) in [5.74, 6) is 1.44. The Hall–Kier alpha value is -1.97. The molecule has 0 spiro atoms. The molecule has 1 amide bonds. The van der Waals surface area contributed by atoms with Crippen LogP contribution < -0.4 is 9.47 Å². The fourth-order valence-electron chi connectivity index (χ4n) is 1.24. The van der Waals surface area contributed by atoms with Crippen LogP contribution in [-0.2, 0) is 4.79 Å². The summed E-state index contributed by atoms with van der Waals surface area (Å²) >= 11 is 0. The van der Waals surface area contributed by atoms with Gasteiger partial charge in [-0.1, -0.05) is 6.58 Å². The van der Waals surface area contributed by atoms with Crippen LogP contribution in [0.5, 0.6) is 11.5 Å². The quantitative estimate of drug-likeness (QED) is 0.705. The number of carbonyl (C=O) groups is 1. The number of rotatable bonds is 6. The van der Waals surface area contributed by atoms with E-state index in [1.54, 1.807) is 19.1 Å². The van der Waals surface area contributed by atoms with Gasteiger partial charge in [0.2, 0.25) is 5.91 Å². The zero-order chi connectivity index (χ0) is 12.7. The van der Waals surface area contributed by atoms with Gasteiger partial charge in [-0.05, 0) is 30.3 Å². The first kappa shape index (κ1) is 13.1. The van der Waals surface area contributed by atoms with Crippen LogP contribution in [0.2, 0.25) is 0 Å². The summed E-state index contributed by atoms with van der Waals surface area (Å²) in [5, 5.41) is 0. The number of likely N-dealkylation sites (N-methyl/N-ethyl adjacent to an activating group) is 1. The topological polar surface area (TPSA) is 38.8 Å². The maximum absolute atomic E-state index is 11.2. The Morgan fingerprint density at radius 3 is 2.47 bits per heavy atom. The molecule has 0 bridgehead atoms. The first-order chi connectivity index (χ1) is 8.17. The number of hydrogen-bond acceptors (Lipinski definition) is 3. The normalized spacial score (nSPS) is 9.53. The van der Waals surface area contributed by atoms with Gasteiger partial charge in [0.25, 0.3) is 0 Å². The molecular formula is C13H17NO3. The molecule has 0 aliphatic rings. The molecule has 1 aromatic carbocycles. The standard InChI is InChI=1S/C13H17NO3/c1-4-13(15)14(2)9-10-17-12-7-5-11(16-3)6-8-12/h4-8H,1,9-10H2,2-3H3. The third kappa shape index (κ3) is 4.18. The largest absolute Gasteiger partial charge is 0.497 e. The zero-order valence-electron chi connectivity index (χ0n) is 10.2. The third-order valence-electron chi connectivity index (χ3n) is 2.31. The Morgan fingerprint density at radius 1 is 1.35 bits per heavy atom. The minimum atomic E-state index is -0.108. The van der Waals surface area contributed by atoms with Gasteiger partial charge < -0.3 is 14.4 Å². The Morgan fingerprint density at radius 2 is 1.94 bits per heavy atom. The summed E-state index contributed by atoms with van der Waals surface area (Å²) in [6, 6.07) is 7.31. The van der Waals surface area contributed by atoms with E-state index in [0.717, 1.165) is 11.5 Å². The van der Waals surface area contributed by atoms with E-state index in [0.29, 0.717) is 13.2 Å². The lowest BCUT2D eigenvalue weighted by Gasteiger charge is -2.15. The van der Waals surface area contributed by atoms with Gasteiger partial charge in [-0.2, -0.15) is 0 Å². The van der Waals surface area contributed by atoms with Crippen LogP contribution in [0.25, 0.3) is 0 Å². The number of carbonyl (C=O) groups excluding carboxylic acids is 1. The molecule has 0 aliphatic carbocycles. The summed E-state index contributed by atoms with van der Waals surface area (Å²) in [5.41, 5.74) is 0. The number of nitrogens with zero attached hydrogens (tertiary/aromatic N) is 1. The van der Waals surface area contributed by atoms with Crippen LogP contribution in [0.3, 0.4) is 0 Å². The molecule has 1 aromatic rings. The Kier molecular flexibility index (Phi) is 5.07. The van der Waals surface area contributed by atoms with E-state index in [-0.39, 0.29) is 5.91 Å². The summed E-state index contributed by atoms with van der Waals surface area (Å²) in [6.45, 7) is 4.39. The molecule has 1 rings (SSSR count). The number of benzene rings is 1. The van der Waals surface area contributed by atoms with Gasteiger partial charge in [0.05, 0.1) is 13.7 Å². The van der Waals surface area contributed by atoms with Gasteiger partial charge in [0, 0.05) is 7.05 Å². The molecule has 4 nitrogen and oxygen atoms in total. The van der Waals surface area contributed by atoms with Crippen molar-refractivity contribution in [1.82, 2.24) is 4.90 Å². The smallest absolute Gasteiger partial charge is 0.245 e. The maximum atomic E-state index is 11.2. The summed E-state index contributed by atoms with van der Waals surface area (Å²) in [7, 11) is 3.33. The molecule has 0 atom stereocenters. The lowest BCUT2D eigenvalue weighted by Crippen LogP contribution is -2.29. The summed E-state index contributed by atoms with van der Waals surface area (Å²) in [4.78, 5) is 12.7. The molecule has 0 heterocycles. The third-order valence-corrected chi connectivity index (χ3v) is 2.31. The van der Waals surface area contributed by atoms with Crippen molar-refractivity contribution < 1.29 is 14.3 Å². The number of hydrogen-bond donors (Lipinski definition) is 0. The predicted molar refractivity (Wildman–Crippen MR) is 66.3 cm³/mol. The monoisotopic (exact) mass is 235 g/mol. The first-order valence-corrected chi connectivity index (χ1v) is 5.31. The second-order valence-corrected chi connectivity index (χ2v) is 3.49. The molecule has 92 valence electrons. The van der Waals surface area contributed by atoms with E-state index in [9.17, 15) is 4.79 Å².